The number of halogens is 3. The lowest BCUT2D eigenvalue weighted by atomic mass is 9.95. The fourth-order valence-corrected chi connectivity index (χ4v) is 2.69. The van der Waals surface area contributed by atoms with Gasteiger partial charge in [-0.15, -0.1) is 0 Å². The van der Waals surface area contributed by atoms with Gasteiger partial charge in [-0.1, -0.05) is 19.1 Å². The van der Waals surface area contributed by atoms with Gasteiger partial charge in [-0.3, -0.25) is 4.79 Å². The number of alkyl halides is 3. The third-order valence-corrected chi connectivity index (χ3v) is 4.29. The molecular weight excluding hydrogens is 323 g/mol. The van der Waals surface area contributed by atoms with Crippen LogP contribution in [0.15, 0.2) is 24.3 Å². The Hall–Kier alpha value is -2.05. The van der Waals surface area contributed by atoms with Crippen molar-refractivity contribution in [3.63, 3.8) is 0 Å². The summed E-state index contributed by atoms with van der Waals surface area (Å²) >= 11 is 0. The zero-order valence-electron chi connectivity index (χ0n) is 13.5. The number of amides is 1. The number of benzene rings is 1. The average molecular weight is 343 g/mol. The van der Waals surface area contributed by atoms with Gasteiger partial charge in [0.1, 0.15) is 6.04 Å². The van der Waals surface area contributed by atoms with Crippen molar-refractivity contribution in [1.29, 1.82) is 0 Å². The topological polar surface area (TPSA) is 57.6 Å². The van der Waals surface area contributed by atoms with Crippen LogP contribution in [0.1, 0.15) is 50.2 Å². The predicted octanol–water partition coefficient (Wildman–Crippen LogP) is 3.66. The number of carboxylic acid groups (broad SMARTS) is 1. The second-order valence-corrected chi connectivity index (χ2v) is 6.27. The molecule has 0 bridgehead atoms. The van der Waals surface area contributed by atoms with E-state index in [1.807, 2.05) is 0 Å². The van der Waals surface area contributed by atoms with Gasteiger partial charge in [0.25, 0.3) is 0 Å². The minimum Gasteiger partial charge on any atom is -0.480 e. The lowest BCUT2D eigenvalue weighted by molar-refractivity contribution is -0.150. The highest BCUT2D eigenvalue weighted by Gasteiger charge is 2.38. The molecule has 1 amide bonds. The molecule has 1 fully saturated rings. The monoisotopic (exact) mass is 343 g/mol. The molecule has 1 aromatic rings. The number of aliphatic carboxylic acids is 1. The number of carbonyl (C=O) groups excluding carboxylic acids is 1. The molecule has 1 aliphatic carbocycles. The van der Waals surface area contributed by atoms with Crippen molar-refractivity contribution in [2.45, 2.75) is 57.3 Å². The van der Waals surface area contributed by atoms with E-state index in [9.17, 15) is 22.8 Å². The highest BCUT2D eigenvalue weighted by molar-refractivity contribution is 5.84. The molecule has 1 aromatic carbocycles. The zero-order valence-corrected chi connectivity index (χ0v) is 13.5. The molecule has 132 valence electrons. The summed E-state index contributed by atoms with van der Waals surface area (Å²) in [5, 5.41) is 9.14. The SMILES string of the molecule is CC(CC(=O)N(C1CC1)C(C)C(=O)O)c1ccc(C(F)(F)F)cc1. The summed E-state index contributed by atoms with van der Waals surface area (Å²) in [6.07, 6.45) is -2.74. The van der Waals surface area contributed by atoms with Crippen LogP contribution in [-0.2, 0) is 15.8 Å². The van der Waals surface area contributed by atoms with Crippen molar-refractivity contribution < 1.29 is 27.9 Å². The van der Waals surface area contributed by atoms with E-state index >= 15 is 0 Å². The maximum absolute atomic E-state index is 12.6. The molecule has 0 spiro atoms. The summed E-state index contributed by atoms with van der Waals surface area (Å²) in [6, 6.07) is 3.78. The van der Waals surface area contributed by atoms with Gasteiger partial charge in [-0.2, -0.15) is 13.2 Å². The van der Waals surface area contributed by atoms with Crippen LogP contribution in [0.3, 0.4) is 0 Å². The molecule has 24 heavy (non-hydrogen) atoms. The summed E-state index contributed by atoms with van der Waals surface area (Å²) in [6.45, 7) is 3.22. The van der Waals surface area contributed by atoms with Crippen LogP contribution in [0.2, 0.25) is 0 Å². The molecule has 2 rings (SSSR count). The minimum atomic E-state index is -4.39. The van der Waals surface area contributed by atoms with Crippen LogP contribution >= 0.6 is 0 Å². The molecule has 2 atom stereocenters. The third-order valence-electron chi connectivity index (χ3n) is 4.29. The molecule has 1 aliphatic rings. The van der Waals surface area contributed by atoms with Crippen molar-refractivity contribution in [3.05, 3.63) is 35.4 Å². The Labute approximate surface area is 138 Å². The Kier molecular flexibility index (Phi) is 5.20. The highest BCUT2D eigenvalue weighted by atomic mass is 19.4. The maximum atomic E-state index is 12.6. The minimum absolute atomic E-state index is 0.0385. The maximum Gasteiger partial charge on any atom is 0.416 e. The number of carboxylic acids is 1. The van der Waals surface area contributed by atoms with E-state index in [0.717, 1.165) is 25.0 Å². The molecule has 0 aromatic heterocycles. The van der Waals surface area contributed by atoms with Crippen LogP contribution < -0.4 is 0 Å². The summed E-state index contributed by atoms with van der Waals surface area (Å²) in [7, 11) is 0. The molecule has 7 heteroatoms. The quantitative estimate of drug-likeness (QED) is 0.857. The van der Waals surface area contributed by atoms with E-state index in [2.05, 4.69) is 0 Å². The van der Waals surface area contributed by atoms with E-state index in [-0.39, 0.29) is 24.3 Å². The summed E-state index contributed by atoms with van der Waals surface area (Å²) in [5.74, 6) is -1.63. The first kappa shape index (κ1) is 18.3. The van der Waals surface area contributed by atoms with Crippen LogP contribution in [0.5, 0.6) is 0 Å². The average Bonchev–Trinajstić information content (AvgIpc) is 3.31. The molecule has 0 radical (unpaired) electrons. The lowest BCUT2D eigenvalue weighted by Crippen LogP contribution is -2.45. The molecule has 4 nitrogen and oxygen atoms in total. The van der Waals surface area contributed by atoms with Gasteiger partial charge < -0.3 is 10.0 Å². The summed E-state index contributed by atoms with van der Waals surface area (Å²) < 4.78 is 37.7. The first-order chi connectivity index (χ1) is 11.1. The van der Waals surface area contributed by atoms with Gasteiger partial charge in [0.15, 0.2) is 0 Å². The van der Waals surface area contributed by atoms with Crippen LogP contribution in [0, 0.1) is 0 Å². The Morgan fingerprint density at radius 2 is 1.75 bits per heavy atom. The largest absolute Gasteiger partial charge is 0.480 e. The summed E-state index contributed by atoms with van der Waals surface area (Å²) in [4.78, 5) is 25.0. The number of hydrogen-bond acceptors (Lipinski definition) is 2. The molecule has 0 saturated heterocycles. The van der Waals surface area contributed by atoms with E-state index in [0.29, 0.717) is 5.56 Å². The van der Waals surface area contributed by atoms with Crippen LogP contribution in [0.4, 0.5) is 13.2 Å². The smallest absolute Gasteiger partial charge is 0.416 e. The third kappa shape index (κ3) is 4.27. The van der Waals surface area contributed by atoms with E-state index < -0.39 is 23.8 Å². The van der Waals surface area contributed by atoms with Crippen LogP contribution in [-0.4, -0.2) is 34.0 Å². The first-order valence-corrected chi connectivity index (χ1v) is 7.82. The second-order valence-electron chi connectivity index (χ2n) is 6.27. The standard InChI is InChI=1S/C17H20F3NO3/c1-10(12-3-5-13(6-4-12)17(18,19)20)9-15(22)21(14-7-8-14)11(2)16(23)24/h3-6,10-11,14H,7-9H2,1-2H3,(H,23,24). The van der Waals surface area contributed by atoms with Gasteiger partial charge in [0.05, 0.1) is 5.56 Å². The summed E-state index contributed by atoms with van der Waals surface area (Å²) in [5.41, 5.74) is -0.112. The Morgan fingerprint density at radius 1 is 1.21 bits per heavy atom. The Morgan fingerprint density at radius 3 is 2.17 bits per heavy atom. The van der Waals surface area contributed by atoms with Crippen molar-refractivity contribution in [2.24, 2.45) is 0 Å². The second kappa shape index (κ2) is 6.83. The van der Waals surface area contributed by atoms with E-state index in [1.54, 1.807) is 6.92 Å². The van der Waals surface area contributed by atoms with Crippen molar-refractivity contribution in [2.75, 3.05) is 0 Å². The van der Waals surface area contributed by atoms with E-state index in [4.69, 9.17) is 5.11 Å². The number of nitrogens with zero attached hydrogens (tertiary/aromatic N) is 1. The lowest BCUT2D eigenvalue weighted by Gasteiger charge is -2.28. The van der Waals surface area contributed by atoms with Gasteiger partial charge in [0.2, 0.25) is 5.91 Å². The van der Waals surface area contributed by atoms with Gasteiger partial charge in [0, 0.05) is 12.5 Å². The molecular formula is C17H20F3NO3. The fourth-order valence-electron chi connectivity index (χ4n) is 2.69. The number of carbonyl (C=O) groups is 2. The molecule has 0 aliphatic heterocycles. The molecule has 1 N–H and O–H groups in total. The number of rotatable bonds is 6. The van der Waals surface area contributed by atoms with Crippen molar-refractivity contribution in [1.82, 2.24) is 4.90 Å². The number of hydrogen-bond donors (Lipinski definition) is 1. The van der Waals surface area contributed by atoms with Crippen LogP contribution in [0.25, 0.3) is 0 Å². The Balaban J connectivity index is 2.06. The fraction of sp³-hybridized carbons (Fsp3) is 0.529. The van der Waals surface area contributed by atoms with Gasteiger partial charge in [-0.05, 0) is 43.4 Å². The van der Waals surface area contributed by atoms with Gasteiger partial charge in [-0.25, -0.2) is 4.79 Å². The zero-order chi connectivity index (χ0) is 18.1. The van der Waals surface area contributed by atoms with E-state index in [1.165, 1.54) is 24.0 Å². The van der Waals surface area contributed by atoms with Crippen molar-refractivity contribution in [3.8, 4) is 0 Å². The predicted molar refractivity (Wildman–Crippen MR) is 81.4 cm³/mol. The van der Waals surface area contributed by atoms with Crippen molar-refractivity contribution >= 4 is 11.9 Å². The normalized spacial score (nSPS) is 17.2. The highest BCUT2D eigenvalue weighted by Crippen LogP contribution is 2.33. The molecule has 1 saturated carbocycles. The molecule has 0 heterocycles. The first-order valence-electron chi connectivity index (χ1n) is 7.82. The van der Waals surface area contributed by atoms with Gasteiger partial charge >= 0.3 is 12.1 Å². The molecule has 2 unspecified atom stereocenters. The Bertz CT molecular complexity index is 609.